The summed E-state index contributed by atoms with van der Waals surface area (Å²) in [5.74, 6) is 0.518. The van der Waals surface area contributed by atoms with Crippen molar-refractivity contribution in [2.24, 2.45) is 11.8 Å². The van der Waals surface area contributed by atoms with Gasteiger partial charge in [-0.2, -0.15) is 0 Å². The lowest BCUT2D eigenvalue weighted by atomic mass is 9.76. The molecule has 0 spiro atoms. The molecule has 0 radical (unpaired) electrons. The molecule has 80 valence electrons. The Labute approximate surface area is 86.0 Å². The molecule has 0 aliphatic heterocycles. The fraction of sp³-hybridized carbons (Fsp3) is 0.667. The molecule has 1 fully saturated rings. The fourth-order valence-corrected chi connectivity index (χ4v) is 2.28. The van der Waals surface area contributed by atoms with E-state index in [1.54, 1.807) is 0 Å². The highest BCUT2D eigenvalue weighted by atomic mass is 16.3. The number of aliphatic hydroxyl groups is 2. The molecule has 1 saturated carbocycles. The molecule has 1 rings (SSSR count). The molecule has 0 aromatic rings. The van der Waals surface area contributed by atoms with Crippen molar-refractivity contribution >= 4 is 0 Å². The Bertz CT molecular complexity index is 200. The van der Waals surface area contributed by atoms with Crippen molar-refractivity contribution in [1.29, 1.82) is 0 Å². The Kier molecular flexibility index (Phi) is 4.36. The van der Waals surface area contributed by atoms with Crippen LogP contribution in [0.15, 0.2) is 25.3 Å². The first-order valence-corrected chi connectivity index (χ1v) is 5.28. The number of hydrogen-bond donors (Lipinski definition) is 2. The molecule has 1 aliphatic rings. The Morgan fingerprint density at radius 2 is 2.07 bits per heavy atom. The second-order valence-electron chi connectivity index (χ2n) is 4.16. The second kappa shape index (κ2) is 5.32. The summed E-state index contributed by atoms with van der Waals surface area (Å²) >= 11 is 0. The largest absolute Gasteiger partial charge is 0.393 e. The second-order valence-corrected chi connectivity index (χ2v) is 4.16. The summed E-state index contributed by atoms with van der Waals surface area (Å²) in [6.45, 7) is 7.25. The molecule has 0 saturated heterocycles. The van der Waals surface area contributed by atoms with Crippen molar-refractivity contribution in [1.82, 2.24) is 0 Å². The first-order chi connectivity index (χ1) is 6.69. The van der Waals surface area contributed by atoms with Crippen molar-refractivity contribution in [3.05, 3.63) is 25.3 Å². The van der Waals surface area contributed by atoms with E-state index in [1.807, 2.05) is 6.08 Å². The molecule has 0 aromatic carbocycles. The van der Waals surface area contributed by atoms with Gasteiger partial charge in [0.2, 0.25) is 0 Å². The van der Waals surface area contributed by atoms with Crippen LogP contribution in [0.3, 0.4) is 0 Å². The third-order valence-corrected chi connectivity index (χ3v) is 3.16. The third kappa shape index (κ3) is 2.69. The van der Waals surface area contributed by atoms with Crippen LogP contribution in [0.1, 0.15) is 25.7 Å². The van der Waals surface area contributed by atoms with Crippen LogP contribution in [0.5, 0.6) is 0 Å². The summed E-state index contributed by atoms with van der Waals surface area (Å²) in [5, 5.41) is 19.4. The minimum atomic E-state index is -0.560. The monoisotopic (exact) mass is 196 g/mol. The lowest BCUT2D eigenvalue weighted by molar-refractivity contribution is -0.00850. The van der Waals surface area contributed by atoms with E-state index in [9.17, 15) is 10.2 Å². The van der Waals surface area contributed by atoms with E-state index in [0.717, 1.165) is 25.7 Å². The highest BCUT2D eigenvalue weighted by molar-refractivity contribution is 4.92. The van der Waals surface area contributed by atoms with Crippen LogP contribution in [0.2, 0.25) is 0 Å². The zero-order chi connectivity index (χ0) is 10.6. The molecule has 0 aromatic heterocycles. The molecule has 14 heavy (non-hydrogen) atoms. The zero-order valence-electron chi connectivity index (χ0n) is 8.60. The van der Waals surface area contributed by atoms with E-state index in [1.165, 1.54) is 6.08 Å². The van der Waals surface area contributed by atoms with Crippen LogP contribution >= 0.6 is 0 Å². The van der Waals surface area contributed by atoms with Crippen LogP contribution < -0.4 is 0 Å². The van der Waals surface area contributed by atoms with Gasteiger partial charge in [-0.05, 0) is 31.6 Å². The van der Waals surface area contributed by atoms with Crippen molar-refractivity contribution in [3.8, 4) is 0 Å². The molecule has 4 unspecified atom stereocenters. The Morgan fingerprint density at radius 1 is 1.36 bits per heavy atom. The maximum atomic E-state index is 9.83. The zero-order valence-corrected chi connectivity index (χ0v) is 8.60. The third-order valence-electron chi connectivity index (χ3n) is 3.16. The van der Waals surface area contributed by atoms with Gasteiger partial charge in [0.05, 0.1) is 12.2 Å². The quantitative estimate of drug-likeness (QED) is 0.674. The number of aliphatic hydroxyl groups excluding tert-OH is 2. The lowest BCUT2D eigenvalue weighted by Crippen LogP contribution is -2.36. The van der Waals surface area contributed by atoms with E-state index in [4.69, 9.17) is 0 Å². The van der Waals surface area contributed by atoms with Crippen molar-refractivity contribution < 1.29 is 10.2 Å². The van der Waals surface area contributed by atoms with Gasteiger partial charge in [-0.15, -0.1) is 13.2 Å². The Morgan fingerprint density at radius 3 is 2.57 bits per heavy atom. The van der Waals surface area contributed by atoms with Gasteiger partial charge in [-0.25, -0.2) is 0 Å². The van der Waals surface area contributed by atoms with Gasteiger partial charge < -0.3 is 10.2 Å². The molecule has 0 amide bonds. The van der Waals surface area contributed by atoms with Gasteiger partial charge in [-0.1, -0.05) is 12.2 Å². The summed E-state index contributed by atoms with van der Waals surface area (Å²) in [6.07, 6.45) is 6.17. The van der Waals surface area contributed by atoms with Crippen molar-refractivity contribution in [2.75, 3.05) is 0 Å². The van der Waals surface area contributed by atoms with Crippen LogP contribution in [0.4, 0.5) is 0 Å². The minimum absolute atomic E-state index is 0.0198. The van der Waals surface area contributed by atoms with Gasteiger partial charge in [-0.3, -0.25) is 0 Å². The molecule has 0 heterocycles. The van der Waals surface area contributed by atoms with Crippen molar-refractivity contribution in [3.63, 3.8) is 0 Å². The van der Waals surface area contributed by atoms with Crippen LogP contribution in [0, 0.1) is 11.8 Å². The molecular formula is C12H20O2. The Balaban J connectivity index is 2.46. The first-order valence-electron chi connectivity index (χ1n) is 5.28. The van der Waals surface area contributed by atoms with E-state index in [-0.39, 0.29) is 12.0 Å². The number of allylic oxidation sites excluding steroid dienone is 1. The van der Waals surface area contributed by atoms with E-state index < -0.39 is 6.10 Å². The topological polar surface area (TPSA) is 40.5 Å². The highest BCUT2D eigenvalue weighted by Crippen LogP contribution is 2.33. The predicted molar refractivity (Wildman–Crippen MR) is 57.9 cm³/mol. The van der Waals surface area contributed by atoms with E-state index in [0.29, 0.717) is 5.92 Å². The molecule has 0 bridgehead atoms. The SMILES string of the molecule is C=CCC1CCC(C(O)C=C)C(O)C1. The summed E-state index contributed by atoms with van der Waals surface area (Å²) < 4.78 is 0. The van der Waals surface area contributed by atoms with E-state index in [2.05, 4.69) is 13.2 Å². The number of hydrogen-bond acceptors (Lipinski definition) is 2. The van der Waals surface area contributed by atoms with Gasteiger partial charge in [0.25, 0.3) is 0 Å². The molecule has 2 heteroatoms. The van der Waals surface area contributed by atoms with E-state index >= 15 is 0 Å². The molecule has 2 nitrogen and oxygen atoms in total. The lowest BCUT2D eigenvalue weighted by Gasteiger charge is -2.34. The summed E-state index contributed by atoms with van der Waals surface area (Å²) in [7, 11) is 0. The molecule has 2 N–H and O–H groups in total. The maximum Gasteiger partial charge on any atom is 0.0771 e. The number of rotatable bonds is 4. The minimum Gasteiger partial charge on any atom is -0.393 e. The van der Waals surface area contributed by atoms with Gasteiger partial charge >= 0.3 is 0 Å². The molecule has 1 aliphatic carbocycles. The normalized spacial score (nSPS) is 34.9. The smallest absolute Gasteiger partial charge is 0.0771 e. The average Bonchev–Trinajstić information content (AvgIpc) is 2.17. The Hall–Kier alpha value is -0.600. The molecule has 4 atom stereocenters. The maximum absolute atomic E-state index is 9.83. The predicted octanol–water partition coefficient (Wildman–Crippen LogP) is 1.89. The first kappa shape index (κ1) is 11.5. The fourth-order valence-electron chi connectivity index (χ4n) is 2.28. The van der Waals surface area contributed by atoms with Crippen LogP contribution in [0.25, 0.3) is 0 Å². The van der Waals surface area contributed by atoms with Gasteiger partial charge in [0, 0.05) is 5.92 Å². The summed E-state index contributed by atoms with van der Waals surface area (Å²) in [6, 6.07) is 0. The summed E-state index contributed by atoms with van der Waals surface area (Å²) in [5.41, 5.74) is 0. The summed E-state index contributed by atoms with van der Waals surface area (Å²) in [4.78, 5) is 0. The van der Waals surface area contributed by atoms with Crippen molar-refractivity contribution in [2.45, 2.75) is 37.9 Å². The highest BCUT2D eigenvalue weighted by Gasteiger charge is 2.31. The van der Waals surface area contributed by atoms with Crippen LogP contribution in [-0.4, -0.2) is 22.4 Å². The van der Waals surface area contributed by atoms with Gasteiger partial charge in [0.15, 0.2) is 0 Å². The average molecular weight is 196 g/mol. The molecular weight excluding hydrogens is 176 g/mol. The van der Waals surface area contributed by atoms with Crippen LogP contribution in [-0.2, 0) is 0 Å². The standard InChI is InChI=1S/C12H20O2/c1-3-5-9-6-7-10(11(13)4-2)12(14)8-9/h3-4,9-14H,1-2,5-8H2. The van der Waals surface area contributed by atoms with Gasteiger partial charge in [0.1, 0.15) is 0 Å².